The minimum Gasteiger partial charge on any atom is -0.439 e. The molecule has 3 rings (SSSR count). The number of hydrogen-bond acceptors (Lipinski definition) is 2. The third kappa shape index (κ3) is 4.23. The van der Waals surface area contributed by atoms with Crippen LogP contribution in [0.15, 0.2) is 36.4 Å². The van der Waals surface area contributed by atoms with Crippen molar-refractivity contribution in [2.24, 2.45) is 0 Å². The lowest BCUT2D eigenvalue weighted by Gasteiger charge is -2.22. The number of carbonyl (C=O) groups excluding carboxylic acids is 1. The first kappa shape index (κ1) is 20.0. The van der Waals surface area contributed by atoms with Crippen molar-refractivity contribution in [1.82, 2.24) is 4.90 Å². The van der Waals surface area contributed by atoms with Crippen molar-refractivity contribution in [3.63, 3.8) is 0 Å². The van der Waals surface area contributed by atoms with Crippen molar-refractivity contribution in [2.75, 3.05) is 0 Å². The third-order valence-electron chi connectivity index (χ3n) is 4.67. The zero-order chi connectivity index (χ0) is 19.9. The predicted molar refractivity (Wildman–Crippen MR) is 104 cm³/mol. The average molecular weight is 489 g/mol. The zero-order valence-corrected chi connectivity index (χ0v) is 17.3. The van der Waals surface area contributed by atoms with E-state index in [4.69, 9.17) is 4.74 Å². The predicted octanol–water partition coefficient (Wildman–Crippen LogP) is 6.01. The lowest BCUT2D eigenvalue weighted by Crippen LogP contribution is -2.31. The summed E-state index contributed by atoms with van der Waals surface area (Å²) in [6.45, 7) is 5.50. The second-order valence-corrected chi connectivity index (χ2v) is 8.07. The Morgan fingerprint density at radius 3 is 2.48 bits per heavy atom. The molecule has 7 heteroatoms. The van der Waals surface area contributed by atoms with E-state index in [-0.39, 0.29) is 12.6 Å². The van der Waals surface area contributed by atoms with E-state index in [1.165, 1.54) is 4.90 Å². The number of hydrogen-bond donors (Lipinski definition) is 0. The van der Waals surface area contributed by atoms with Crippen molar-refractivity contribution >= 4 is 28.7 Å². The van der Waals surface area contributed by atoms with Crippen LogP contribution in [0.25, 0.3) is 0 Å². The molecule has 0 aromatic heterocycles. The van der Waals surface area contributed by atoms with E-state index in [0.717, 1.165) is 26.8 Å². The number of rotatable bonds is 3. The van der Waals surface area contributed by atoms with E-state index in [1.54, 1.807) is 13.0 Å². The average Bonchev–Trinajstić information content (AvgIpc) is 2.84. The number of aryl methyl sites for hydroxylation is 2. The van der Waals surface area contributed by atoms with Gasteiger partial charge in [-0.1, -0.05) is 29.3 Å². The van der Waals surface area contributed by atoms with Crippen molar-refractivity contribution in [2.45, 2.75) is 45.6 Å². The van der Waals surface area contributed by atoms with Crippen LogP contribution >= 0.6 is 22.6 Å². The monoisotopic (exact) mass is 489 g/mol. The van der Waals surface area contributed by atoms with Crippen molar-refractivity contribution in [3.05, 3.63) is 67.8 Å². The van der Waals surface area contributed by atoms with Gasteiger partial charge in [0, 0.05) is 15.7 Å². The highest BCUT2D eigenvalue weighted by molar-refractivity contribution is 14.1. The van der Waals surface area contributed by atoms with Crippen molar-refractivity contribution in [3.8, 4) is 0 Å². The van der Waals surface area contributed by atoms with Gasteiger partial charge in [0.25, 0.3) is 0 Å². The Labute approximate surface area is 169 Å². The van der Waals surface area contributed by atoms with E-state index < -0.39 is 23.9 Å². The first-order valence-corrected chi connectivity index (χ1v) is 9.55. The van der Waals surface area contributed by atoms with Gasteiger partial charge >= 0.3 is 12.3 Å². The summed E-state index contributed by atoms with van der Waals surface area (Å²) in [4.78, 5) is 13.9. The number of carbonyl (C=O) groups is 1. The first-order valence-electron chi connectivity index (χ1n) is 8.47. The summed E-state index contributed by atoms with van der Waals surface area (Å²) in [5.41, 5.74) is 2.21. The van der Waals surface area contributed by atoms with E-state index in [0.29, 0.717) is 11.1 Å². The number of benzene rings is 2. The molecule has 1 aliphatic rings. The molecule has 1 heterocycles. The Kier molecular flexibility index (Phi) is 5.42. The fourth-order valence-electron chi connectivity index (χ4n) is 3.33. The van der Waals surface area contributed by atoms with Gasteiger partial charge in [0.2, 0.25) is 0 Å². The first-order chi connectivity index (χ1) is 12.6. The summed E-state index contributed by atoms with van der Waals surface area (Å²) in [7, 11) is 0. The minimum absolute atomic E-state index is 0.0731. The van der Waals surface area contributed by atoms with Gasteiger partial charge in [0.05, 0.1) is 11.6 Å². The van der Waals surface area contributed by atoms with Crippen LogP contribution in [-0.2, 0) is 17.5 Å². The second kappa shape index (κ2) is 7.33. The Bertz CT molecular complexity index is 882. The summed E-state index contributed by atoms with van der Waals surface area (Å²) in [6.07, 6.45) is -5.38. The van der Waals surface area contributed by atoms with Crippen LogP contribution in [0.2, 0.25) is 0 Å². The molecule has 0 aliphatic carbocycles. The number of ether oxygens (including phenoxy) is 1. The fraction of sp³-hybridized carbons (Fsp3) is 0.350. The molecule has 3 nitrogen and oxygen atoms in total. The van der Waals surface area contributed by atoms with Crippen LogP contribution < -0.4 is 0 Å². The molecule has 2 atom stereocenters. The van der Waals surface area contributed by atoms with Crippen molar-refractivity contribution < 1.29 is 22.7 Å². The number of alkyl halides is 3. The number of nitrogens with zero attached hydrogens (tertiary/aromatic N) is 1. The van der Waals surface area contributed by atoms with Crippen LogP contribution in [0.5, 0.6) is 0 Å². The maximum Gasteiger partial charge on any atom is 0.416 e. The van der Waals surface area contributed by atoms with Gasteiger partial charge in [0.1, 0.15) is 6.10 Å². The van der Waals surface area contributed by atoms with E-state index in [2.05, 4.69) is 22.6 Å². The maximum absolute atomic E-state index is 13.1. The summed E-state index contributed by atoms with van der Waals surface area (Å²) in [5.74, 6) is 0. The number of cyclic esters (lactones) is 1. The van der Waals surface area contributed by atoms with Gasteiger partial charge in [-0.15, -0.1) is 0 Å². The van der Waals surface area contributed by atoms with E-state index in [9.17, 15) is 18.0 Å². The van der Waals surface area contributed by atoms with Gasteiger partial charge in [-0.3, -0.25) is 4.90 Å². The standard InChI is InChI=1S/C20H19F3INO2/c1-11-4-5-17(24)16(8-11)18-13(3)25(19(26)27-18)10-14-6-12(2)7-15(9-14)20(21,22)23/h4-9,13,18H,10H2,1-3H3/t13-,18?/m1/s1. The highest BCUT2D eigenvalue weighted by Crippen LogP contribution is 2.37. The molecule has 1 aliphatic heterocycles. The van der Waals surface area contributed by atoms with Crippen molar-refractivity contribution in [1.29, 1.82) is 0 Å². The molecule has 27 heavy (non-hydrogen) atoms. The molecule has 0 spiro atoms. The van der Waals surface area contributed by atoms with Gasteiger partial charge in [0.15, 0.2) is 0 Å². The summed E-state index contributed by atoms with van der Waals surface area (Å²) < 4.78 is 45.8. The van der Waals surface area contributed by atoms with Crippen LogP contribution in [0.3, 0.4) is 0 Å². The SMILES string of the molecule is Cc1cc(CN2C(=O)OC(c3cc(C)ccc3I)[C@H]2C)cc(C(F)(F)F)c1. The molecular formula is C20H19F3INO2. The summed E-state index contributed by atoms with van der Waals surface area (Å²) in [6, 6.07) is 9.50. The molecule has 1 unspecified atom stereocenters. The molecule has 0 N–H and O–H groups in total. The molecule has 144 valence electrons. The maximum atomic E-state index is 13.1. The quantitative estimate of drug-likeness (QED) is 0.495. The smallest absolute Gasteiger partial charge is 0.416 e. The van der Waals surface area contributed by atoms with Gasteiger partial charge < -0.3 is 4.74 Å². The van der Waals surface area contributed by atoms with Gasteiger partial charge in [-0.2, -0.15) is 13.2 Å². The highest BCUT2D eigenvalue weighted by Gasteiger charge is 2.40. The Morgan fingerprint density at radius 1 is 1.11 bits per heavy atom. The van der Waals surface area contributed by atoms with E-state index >= 15 is 0 Å². The lowest BCUT2D eigenvalue weighted by molar-refractivity contribution is -0.137. The molecule has 2 aromatic carbocycles. The third-order valence-corrected chi connectivity index (χ3v) is 5.65. The normalized spacial score (nSPS) is 20.1. The Balaban J connectivity index is 1.87. The molecule has 0 bridgehead atoms. The molecule has 1 amide bonds. The second-order valence-electron chi connectivity index (χ2n) is 6.90. The largest absolute Gasteiger partial charge is 0.439 e. The Hall–Kier alpha value is -1.77. The molecule has 0 saturated carbocycles. The highest BCUT2D eigenvalue weighted by atomic mass is 127. The molecule has 1 saturated heterocycles. The number of amides is 1. The molecular weight excluding hydrogens is 470 g/mol. The van der Waals surface area contributed by atoms with Gasteiger partial charge in [-0.05, 0) is 67.1 Å². The fourth-order valence-corrected chi connectivity index (χ4v) is 3.97. The summed E-state index contributed by atoms with van der Waals surface area (Å²) in [5, 5.41) is 0. The van der Waals surface area contributed by atoms with Gasteiger partial charge in [-0.25, -0.2) is 4.79 Å². The zero-order valence-electron chi connectivity index (χ0n) is 15.1. The molecule has 1 fully saturated rings. The van der Waals surface area contributed by atoms with Crippen LogP contribution in [-0.4, -0.2) is 17.0 Å². The van der Waals surface area contributed by atoms with Crippen LogP contribution in [0.4, 0.5) is 18.0 Å². The number of halogens is 4. The topological polar surface area (TPSA) is 29.5 Å². The molecule has 0 radical (unpaired) electrons. The lowest BCUT2D eigenvalue weighted by atomic mass is 10.0. The Morgan fingerprint density at radius 2 is 1.81 bits per heavy atom. The molecule has 2 aromatic rings. The van der Waals surface area contributed by atoms with Crippen LogP contribution in [0, 0.1) is 17.4 Å². The van der Waals surface area contributed by atoms with Crippen LogP contribution in [0.1, 0.15) is 40.8 Å². The van der Waals surface area contributed by atoms with E-state index in [1.807, 2.05) is 32.0 Å². The minimum atomic E-state index is -4.42. The summed E-state index contributed by atoms with van der Waals surface area (Å²) >= 11 is 2.20.